The molecule has 1 aliphatic heterocycles. The molecule has 2 rings (SSSR count). The maximum absolute atomic E-state index is 12.2. The Morgan fingerprint density at radius 2 is 1.80 bits per heavy atom. The van der Waals surface area contributed by atoms with E-state index in [1.54, 1.807) is 20.8 Å². The largest absolute Gasteiger partial charge is 0.479 e. The zero-order chi connectivity index (χ0) is 15.1. The average molecular weight is 277 g/mol. The lowest BCUT2D eigenvalue weighted by Crippen LogP contribution is -2.33. The first-order valence-corrected chi connectivity index (χ1v) is 6.48. The van der Waals surface area contributed by atoms with Gasteiger partial charge in [0.1, 0.15) is 5.60 Å². The molecular formula is C15H19NO4. The van der Waals surface area contributed by atoms with Gasteiger partial charge < -0.3 is 9.84 Å². The number of carbonyl (C=O) groups is 2. The standard InChI is InChI=1S/C15H19NO4/c1-14(2,3)20-13(19)16-11(15(16,4)12(17)18)10-8-6-5-7-9-10/h5-9,11H,1-4H3,(H,17,18)/t11-,15+,16?/m1/s1. The van der Waals surface area contributed by atoms with Crippen LogP contribution in [0, 0.1) is 0 Å². The Kier molecular flexibility index (Phi) is 3.24. The molecule has 1 fully saturated rings. The lowest BCUT2D eigenvalue weighted by Gasteiger charge is -2.20. The number of carboxylic acid groups (broad SMARTS) is 1. The summed E-state index contributed by atoms with van der Waals surface area (Å²) < 4.78 is 5.28. The van der Waals surface area contributed by atoms with Crippen molar-refractivity contribution in [3.05, 3.63) is 35.9 Å². The molecule has 1 aromatic carbocycles. The van der Waals surface area contributed by atoms with Gasteiger partial charge in [0.15, 0.2) is 5.54 Å². The molecule has 5 nitrogen and oxygen atoms in total. The van der Waals surface area contributed by atoms with E-state index >= 15 is 0 Å². The third-order valence-electron chi connectivity index (χ3n) is 3.36. The van der Waals surface area contributed by atoms with Gasteiger partial charge in [0.25, 0.3) is 0 Å². The van der Waals surface area contributed by atoms with Gasteiger partial charge in [0.05, 0.1) is 6.04 Å². The number of hydrogen-bond acceptors (Lipinski definition) is 3. The van der Waals surface area contributed by atoms with E-state index in [0.717, 1.165) is 5.56 Å². The van der Waals surface area contributed by atoms with Crippen molar-refractivity contribution in [3.63, 3.8) is 0 Å². The molecule has 2 atom stereocenters. The van der Waals surface area contributed by atoms with Gasteiger partial charge in [0, 0.05) is 0 Å². The molecule has 108 valence electrons. The number of ether oxygens (including phenoxy) is 1. The first kappa shape index (κ1) is 14.4. The topological polar surface area (TPSA) is 66.6 Å². The van der Waals surface area contributed by atoms with Crippen LogP contribution in [0.15, 0.2) is 30.3 Å². The normalized spacial score (nSPS) is 25.2. The van der Waals surface area contributed by atoms with Gasteiger partial charge in [0.2, 0.25) is 0 Å². The number of hydrogen-bond donors (Lipinski definition) is 1. The summed E-state index contributed by atoms with van der Waals surface area (Å²) in [4.78, 5) is 24.9. The predicted octanol–water partition coefficient (Wildman–Crippen LogP) is 2.82. The van der Waals surface area contributed by atoms with Crippen LogP contribution in [0.25, 0.3) is 0 Å². The molecule has 0 unspecified atom stereocenters. The maximum atomic E-state index is 12.2. The van der Waals surface area contributed by atoms with E-state index < -0.39 is 29.2 Å². The van der Waals surface area contributed by atoms with E-state index in [-0.39, 0.29) is 0 Å². The predicted molar refractivity (Wildman–Crippen MR) is 73.3 cm³/mol. The Balaban J connectivity index is 2.28. The van der Waals surface area contributed by atoms with Crippen molar-refractivity contribution in [2.75, 3.05) is 0 Å². The van der Waals surface area contributed by atoms with Crippen LogP contribution in [-0.4, -0.2) is 33.2 Å². The maximum Gasteiger partial charge on any atom is 0.411 e. The third kappa shape index (κ3) is 2.35. The molecule has 1 aromatic rings. The van der Waals surface area contributed by atoms with Crippen LogP contribution in [0.2, 0.25) is 0 Å². The molecular weight excluding hydrogens is 258 g/mol. The fraction of sp³-hybridized carbons (Fsp3) is 0.467. The summed E-state index contributed by atoms with van der Waals surface area (Å²) in [5.74, 6) is -1.03. The number of nitrogens with zero attached hydrogens (tertiary/aromatic N) is 1. The Morgan fingerprint density at radius 1 is 1.25 bits per heavy atom. The number of benzene rings is 1. The summed E-state index contributed by atoms with van der Waals surface area (Å²) in [5, 5.41) is 9.41. The van der Waals surface area contributed by atoms with Crippen molar-refractivity contribution >= 4 is 12.1 Å². The van der Waals surface area contributed by atoms with Crippen molar-refractivity contribution in [2.24, 2.45) is 0 Å². The molecule has 1 heterocycles. The number of amides is 1. The van der Waals surface area contributed by atoms with Crippen molar-refractivity contribution in [2.45, 2.75) is 44.9 Å². The van der Waals surface area contributed by atoms with E-state index in [1.807, 2.05) is 30.3 Å². The molecule has 5 heteroatoms. The van der Waals surface area contributed by atoms with Gasteiger partial charge in [-0.05, 0) is 33.3 Å². The van der Waals surface area contributed by atoms with E-state index in [1.165, 1.54) is 11.8 Å². The molecule has 1 aliphatic rings. The molecule has 0 aliphatic carbocycles. The van der Waals surface area contributed by atoms with Gasteiger partial charge in [-0.15, -0.1) is 0 Å². The third-order valence-corrected chi connectivity index (χ3v) is 3.36. The molecule has 1 amide bonds. The molecule has 0 bridgehead atoms. The number of aliphatic carboxylic acids is 1. The van der Waals surface area contributed by atoms with E-state index in [0.29, 0.717) is 0 Å². The van der Waals surface area contributed by atoms with E-state index in [2.05, 4.69) is 0 Å². The highest BCUT2D eigenvalue weighted by Crippen LogP contribution is 2.53. The molecule has 0 spiro atoms. The minimum Gasteiger partial charge on any atom is -0.479 e. The second kappa shape index (κ2) is 4.51. The molecule has 0 aromatic heterocycles. The summed E-state index contributed by atoms with van der Waals surface area (Å²) in [6, 6.07) is 8.64. The number of carbonyl (C=O) groups excluding carboxylic acids is 1. The van der Waals surface area contributed by atoms with Crippen molar-refractivity contribution < 1.29 is 19.4 Å². The Hall–Kier alpha value is -2.04. The second-order valence-electron chi connectivity index (χ2n) is 6.12. The van der Waals surface area contributed by atoms with Crippen molar-refractivity contribution in [1.82, 2.24) is 4.90 Å². The summed E-state index contributed by atoms with van der Waals surface area (Å²) in [7, 11) is 0. The number of rotatable bonds is 2. The summed E-state index contributed by atoms with van der Waals surface area (Å²) in [5.41, 5.74) is -1.10. The SMILES string of the molecule is CC(C)(C)OC(=O)N1[C@H](c2ccccc2)[C@@]1(C)C(=O)O. The smallest absolute Gasteiger partial charge is 0.411 e. The molecule has 1 saturated heterocycles. The number of carboxylic acids is 1. The minimum absolute atomic E-state index is 0.490. The van der Waals surface area contributed by atoms with Gasteiger partial charge in [-0.3, -0.25) is 4.90 Å². The van der Waals surface area contributed by atoms with Crippen LogP contribution >= 0.6 is 0 Å². The van der Waals surface area contributed by atoms with Crippen LogP contribution in [0.4, 0.5) is 4.79 Å². The highest BCUT2D eigenvalue weighted by atomic mass is 16.6. The average Bonchev–Trinajstić information content (AvgIpc) is 2.96. The second-order valence-corrected chi connectivity index (χ2v) is 6.12. The molecule has 0 radical (unpaired) electrons. The van der Waals surface area contributed by atoms with Crippen molar-refractivity contribution in [1.29, 1.82) is 0 Å². The molecule has 1 N–H and O–H groups in total. The molecule has 20 heavy (non-hydrogen) atoms. The summed E-state index contributed by atoms with van der Waals surface area (Å²) in [6.45, 7) is 6.80. The lowest BCUT2D eigenvalue weighted by atomic mass is 10.0. The van der Waals surface area contributed by atoms with Gasteiger partial charge in [-0.2, -0.15) is 0 Å². The minimum atomic E-state index is -1.25. The summed E-state index contributed by atoms with van der Waals surface area (Å²) in [6.07, 6.45) is -0.601. The summed E-state index contributed by atoms with van der Waals surface area (Å²) >= 11 is 0. The van der Waals surface area contributed by atoms with Crippen molar-refractivity contribution in [3.8, 4) is 0 Å². The highest BCUT2D eigenvalue weighted by molar-refractivity contribution is 5.92. The zero-order valence-electron chi connectivity index (χ0n) is 12.1. The zero-order valence-corrected chi connectivity index (χ0v) is 12.1. The van der Waals surface area contributed by atoms with Gasteiger partial charge >= 0.3 is 12.1 Å². The fourth-order valence-corrected chi connectivity index (χ4v) is 2.32. The van der Waals surface area contributed by atoms with Gasteiger partial charge in [-0.1, -0.05) is 30.3 Å². The monoisotopic (exact) mass is 277 g/mol. The van der Waals surface area contributed by atoms with Crippen LogP contribution in [-0.2, 0) is 9.53 Å². The van der Waals surface area contributed by atoms with E-state index in [4.69, 9.17) is 4.74 Å². The first-order valence-electron chi connectivity index (χ1n) is 6.48. The Bertz CT molecular complexity index is 535. The highest BCUT2D eigenvalue weighted by Gasteiger charge is 2.69. The molecule has 0 saturated carbocycles. The van der Waals surface area contributed by atoms with Gasteiger partial charge in [-0.25, -0.2) is 9.59 Å². The van der Waals surface area contributed by atoms with Crippen LogP contribution in [0.1, 0.15) is 39.3 Å². The van der Waals surface area contributed by atoms with Crippen LogP contribution in [0.3, 0.4) is 0 Å². The Morgan fingerprint density at radius 3 is 2.25 bits per heavy atom. The van der Waals surface area contributed by atoms with E-state index in [9.17, 15) is 14.7 Å². The fourth-order valence-electron chi connectivity index (χ4n) is 2.32. The van der Waals surface area contributed by atoms with Crippen LogP contribution in [0.5, 0.6) is 0 Å². The quantitative estimate of drug-likeness (QED) is 0.844. The first-order chi connectivity index (χ1) is 9.18. The Labute approximate surface area is 118 Å². The van der Waals surface area contributed by atoms with Crippen LogP contribution < -0.4 is 0 Å². The lowest BCUT2D eigenvalue weighted by molar-refractivity contribution is -0.140.